The molecule has 0 unspecified atom stereocenters. The van der Waals surface area contributed by atoms with Crippen LogP contribution in [0, 0.1) is 0 Å². The predicted octanol–water partition coefficient (Wildman–Crippen LogP) is 2.94. The van der Waals surface area contributed by atoms with E-state index in [1.807, 2.05) is 39.0 Å². The average molecular weight is 336 g/mol. The van der Waals surface area contributed by atoms with Crippen LogP contribution in [0.3, 0.4) is 0 Å². The molecule has 0 bridgehead atoms. The zero-order chi connectivity index (χ0) is 16.6. The van der Waals surface area contributed by atoms with Crippen LogP contribution >= 0.6 is 0 Å². The molecule has 0 spiro atoms. The van der Waals surface area contributed by atoms with E-state index in [1.165, 1.54) is 0 Å². The zero-order valence-corrected chi connectivity index (χ0v) is 14.3. The number of amides is 1. The summed E-state index contributed by atoms with van der Waals surface area (Å²) in [6.07, 6.45) is 0.277. The van der Waals surface area contributed by atoms with E-state index < -0.39 is 16.4 Å². The fraction of sp³-hybridized carbons (Fsp3) is 0.500. The molecule has 1 amide bonds. The second-order valence-electron chi connectivity index (χ2n) is 6.58. The highest BCUT2D eigenvalue weighted by molar-refractivity contribution is 7.85. The van der Waals surface area contributed by atoms with Crippen molar-refractivity contribution in [1.82, 2.24) is 9.88 Å². The molecule has 1 aliphatic rings. The van der Waals surface area contributed by atoms with Gasteiger partial charge in [-0.05, 0) is 39.3 Å². The van der Waals surface area contributed by atoms with E-state index in [9.17, 15) is 9.00 Å². The molecule has 3 rings (SSSR count). The second kappa shape index (κ2) is 5.96. The number of likely N-dealkylation sites (tertiary alicyclic amines) is 1. The van der Waals surface area contributed by atoms with Gasteiger partial charge < -0.3 is 14.1 Å². The van der Waals surface area contributed by atoms with Gasteiger partial charge in [-0.15, -0.1) is 0 Å². The summed E-state index contributed by atoms with van der Waals surface area (Å²) in [6, 6.07) is 7.32. The fourth-order valence-electron chi connectivity index (χ4n) is 2.47. The van der Waals surface area contributed by atoms with Gasteiger partial charge in [-0.2, -0.15) is 0 Å². The Bertz CT molecular complexity index is 717. The Balaban J connectivity index is 1.68. The van der Waals surface area contributed by atoms with Crippen LogP contribution in [-0.4, -0.2) is 44.1 Å². The van der Waals surface area contributed by atoms with E-state index in [0.717, 1.165) is 0 Å². The van der Waals surface area contributed by atoms with E-state index in [0.29, 0.717) is 30.6 Å². The van der Waals surface area contributed by atoms with Gasteiger partial charge in [0, 0.05) is 13.1 Å². The van der Waals surface area contributed by atoms with Crippen LogP contribution in [0.4, 0.5) is 4.79 Å². The number of fused-ring (bicyclic) bond motifs is 1. The molecule has 7 heteroatoms. The third-order valence-corrected chi connectivity index (χ3v) is 5.05. The molecule has 0 aliphatic carbocycles. The number of rotatable bonds is 2. The van der Waals surface area contributed by atoms with Crippen LogP contribution in [0.15, 0.2) is 33.9 Å². The Morgan fingerprint density at radius 1 is 1.39 bits per heavy atom. The quantitative estimate of drug-likeness (QED) is 0.843. The summed E-state index contributed by atoms with van der Waals surface area (Å²) in [7, 11) is -1.38. The van der Waals surface area contributed by atoms with Gasteiger partial charge in [0.25, 0.3) is 5.22 Å². The highest BCUT2D eigenvalue weighted by Crippen LogP contribution is 2.24. The van der Waals surface area contributed by atoms with Gasteiger partial charge in [-0.25, -0.2) is 14.0 Å². The molecule has 1 fully saturated rings. The molecular weight excluding hydrogens is 316 g/mol. The summed E-state index contributed by atoms with van der Waals surface area (Å²) in [6.45, 7) is 6.41. The molecule has 2 atom stereocenters. The molecule has 1 aliphatic heterocycles. The van der Waals surface area contributed by atoms with Crippen LogP contribution < -0.4 is 0 Å². The summed E-state index contributed by atoms with van der Waals surface area (Å²) in [5.41, 5.74) is 0.782. The molecule has 23 heavy (non-hydrogen) atoms. The number of benzene rings is 1. The van der Waals surface area contributed by atoms with Gasteiger partial charge >= 0.3 is 6.09 Å². The van der Waals surface area contributed by atoms with E-state index in [4.69, 9.17) is 9.15 Å². The Labute approximate surface area is 137 Å². The number of nitrogens with zero attached hydrogens (tertiary/aromatic N) is 2. The minimum Gasteiger partial charge on any atom is -0.444 e. The first-order chi connectivity index (χ1) is 10.8. The van der Waals surface area contributed by atoms with Gasteiger partial charge in [0.15, 0.2) is 5.58 Å². The Hall–Kier alpha value is -1.89. The number of para-hydroxylation sites is 2. The lowest BCUT2D eigenvalue weighted by atomic mass is 10.2. The first-order valence-corrected chi connectivity index (χ1v) is 8.79. The average Bonchev–Trinajstić information content (AvgIpc) is 3.11. The topological polar surface area (TPSA) is 72.6 Å². The molecule has 0 radical (unpaired) electrons. The first-order valence-electron chi connectivity index (χ1n) is 7.57. The van der Waals surface area contributed by atoms with Crippen LogP contribution in [0.5, 0.6) is 0 Å². The maximum absolute atomic E-state index is 12.6. The van der Waals surface area contributed by atoms with Crippen molar-refractivity contribution in [3.63, 3.8) is 0 Å². The third kappa shape index (κ3) is 3.55. The highest BCUT2D eigenvalue weighted by Gasteiger charge is 2.34. The summed E-state index contributed by atoms with van der Waals surface area (Å²) in [5.74, 6) is 0. The lowest BCUT2D eigenvalue weighted by Gasteiger charge is -2.24. The van der Waals surface area contributed by atoms with Gasteiger partial charge in [0.2, 0.25) is 0 Å². The van der Waals surface area contributed by atoms with Crippen molar-refractivity contribution in [2.24, 2.45) is 0 Å². The van der Waals surface area contributed by atoms with Crippen LogP contribution in [0.2, 0.25) is 0 Å². The minimum atomic E-state index is -1.38. The van der Waals surface area contributed by atoms with Crippen molar-refractivity contribution in [2.45, 2.75) is 43.3 Å². The van der Waals surface area contributed by atoms with Crippen molar-refractivity contribution in [1.29, 1.82) is 0 Å². The minimum absolute atomic E-state index is 0.185. The number of ether oxygens (including phenoxy) is 1. The zero-order valence-electron chi connectivity index (χ0n) is 13.4. The summed E-state index contributed by atoms with van der Waals surface area (Å²) in [4.78, 5) is 18.0. The Morgan fingerprint density at radius 2 is 2.13 bits per heavy atom. The summed E-state index contributed by atoms with van der Waals surface area (Å²) >= 11 is 0. The van der Waals surface area contributed by atoms with Crippen molar-refractivity contribution in [2.75, 3.05) is 13.1 Å². The van der Waals surface area contributed by atoms with Gasteiger partial charge in [-0.1, -0.05) is 12.1 Å². The Kier molecular flexibility index (Phi) is 4.14. The van der Waals surface area contributed by atoms with E-state index >= 15 is 0 Å². The van der Waals surface area contributed by atoms with Crippen LogP contribution in [-0.2, 0) is 15.5 Å². The normalized spacial score (nSPS) is 20.0. The molecule has 6 nitrogen and oxygen atoms in total. The fourth-order valence-corrected chi connectivity index (χ4v) is 3.76. The van der Waals surface area contributed by atoms with E-state index in [-0.39, 0.29) is 16.6 Å². The SMILES string of the molecule is CC(C)(C)OC(=O)N1CC[C@H]([S@@](=O)c2nc3ccccc3o2)C1. The van der Waals surface area contributed by atoms with Crippen molar-refractivity contribution in [3.05, 3.63) is 24.3 Å². The summed E-state index contributed by atoms with van der Waals surface area (Å²) in [5, 5.41) is 0.0396. The predicted molar refractivity (Wildman–Crippen MR) is 86.6 cm³/mol. The summed E-state index contributed by atoms with van der Waals surface area (Å²) < 4.78 is 23.6. The standard InChI is InChI=1S/C16H20N2O4S/c1-16(2,3)22-15(19)18-9-8-11(10-18)23(20)14-17-12-6-4-5-7-13(12)21-14/h4-7,11H,8-10H2,1-3H3/t11-,23+/m0/s1. The first kappa shape index (κ1) is 16.0. The molecule has 2 heterocycles. The lowest BCUT2D eigenvalue weighted by Crippen LogP contribution is -2.36. The van der Waals surface area contributed by atoms with Crippen LogP contribution in [0.1, 0.15) is 27.2 Å². The molecule has 124 valence electrons. The number of hydrogen-bond donors (Lipinski definition) is 0. The number of carbonyl (C=O) groups excluding carboxylic acids is 1. The second-order valence-corrected chi connectivity index (χ2v) is 8.19. The van der Waals surface area contributed by atoms with Crippen LogP contribution in [0.25, 0.3) is 11.1 Å². The van der Waals surface area contributed by atoms with E-state index in [2.05, 4.69) is 4.98 Å². The van der Waals surface area contributed by atoms with Crippen molar-refractivity contribution >= 4 is 28.0 Å². The van der Waals surface area contributed by atoms with Gasteiger partial charge in [-0.3, -0.25) is 0 Å². The number of oxazole rings is 1. The molecule has 1 saturated heterocycles. The largest absolute Gasteiger partial charge is 0.444 e. The molecule has 2 aromatic rings. The van der Waals surface area contributed by atoms with Gasteiger partial charge in [0.1, 0.15) is 21.9 Å². The molecule has 1 aromatic heterocycles. The molecular formula is C16H20N2O4S. The number of aromatic nitrogens is 1. The molecule has 0 saturated carbocycles. The third-order valence-electron chi connectivity index (χ3n) is 3.55. The smallest absolute Gasteiger partial charge is 0.410 e. The maximum Gasteiger partial charge on any atom is 0.410 e. The highest BCUT2D eigenvalue weighted by atomic mass is 32.2. The van der Waals surface area contributed by atoms with Crippen molar-refractivity contribution < 1.29 is 18.2 Å². The maximum atomic E-state index is 12.6. The van der Waals surface area contributed by atoms with Gasteiger partial charge in [0.05, 0.1) is 5.25 Å². The van der Waals surface area contributed by atoms with Crippen molar-refractivity contribution in [3.8, 4) is 0 Å². The number of hydrogen-bond acceptors (Lipinski definition) is 5. The lowest BCUT2D eigenvalue weighted by molar-refractivity contribution is 0.0295. The molecule has 0 N–H and O–H groups in total. The monoisotopic (exact) mass is 336 g/mol. The van der Waals surface area contributed by atoms with E-state index in [1.54, 1.807) is 11.0 Å². The number of carbonyl (C=O) groups is 1. The Morgan fingerprint density at radius 3 is 2.83 bits per heavy atom. The molecule has 1 aromatic carbocycles.